The number of aliphatic carboxylic acids is 1. The molecule has 14 heteroatoms. The Morgan fingerprint density at radius 1 is 1.39 bits per heavy atom. The predicted octanol–water partition coefficient (Wildman–Crippen LogP) is 0.780. The highest BCUT2D eigenvalue weighted by Crippen LogP contribution is 2.36. The first-order valence-corrected chi connectivity index (χ1v) is 11.6. The third-order valence-corrected chi connectivity index (χ3v) is 7.17. The Morgan fingerprint density at radius 2 is 2.19 bits per heavy atom. The number of aryl methyl sites for hydroxylation is 1. The molecule has 2 aliphatic rings. The van der Waals surface area contributed by atoms with Gasteiger partial charge in [0.2, 0.25) is 0 Å². The van der Waals surface area contributed by atoms with E-state index in [0.717, 1.165) is 16.3 Å². The number of nitrogens with zero attached hydrogens (tertiary/aromatic N) is 4. The molecule has 2 aromatic heterocycles. The summed E-state index contributed by atoms with van der Waals surface area (Å²) in [6.07, 6.45) is 1.31. The molecule has 31 heavy (non-hydrogen) atoms. The number of oxime groups is 1. The fourth-order valence-corrected chi connectivity index (χ4v) is 5.27. The van der Waals surface area contributed by atoms with Crippen LogP contribution in [0.5, 0.6) is 0 Å². The summed E-state index contributed by atoms with van der Waals surface area (Å²) in [6, 6.07) is -0.813. The molecule has 0 radical (unpaired) electrons. The second-order valence-electron chi connectivity index (χ2n) is 6.50. The predicted molar refractivity (Wildman–Crippen MR) is 115 cm³/mol. The van der Waals surface area contributed by atoms with E-state index in [9.17, 15) is 14.4 Å². The van der Waals surface area contributed by atoms with Gasteiger partial charge in [0.25, 0.3) is 11.8 Å². The van der Waals surface area contributed by atoms with Gasteiger partial charge in [-0.2, -0.15) is 0 Å². The summed E-state index contributed by atoms with van der Waals surface area (Å²) in [7, 11) is 0. The standard InChI is InChI=1S/C17H16N6O5S3/c1-7-19-9(5-29-7)3-28-22-11(10-6-31-17(18)20-10)13(24)21-12-14(25)23-2-8(16(26)27)4-30-15(12)23/h2,5-6,12,15H,3-4H2,1H3,(H2,18,20)(H,21,24)(H,26,27)/t12?,15-/m1/s1. The molecular formula is C17H16N6O5S3. The number of hydrogen-bond acceptors (Lipinski definition) is 11. The van der Waals surface area contributed by atoms with Crippen molar-refractivity contribution in [1.82, 2.24) is 20.2 Å². The highest BCUT2D eigenvalue weighted by molar-refractivity contribution is 8.00. The van der Waals surface area contributed by atoms with Gasteiger partial charge in [-0.3, -0.25) is 9.59 Å². The van der Waals surface area contributed by atoms with Crippen LogP contribution in [0.4, 0.5) is 5.13 Å². The van der Waals surface area contributed by atoms with Gasteiger partial charge in [-0.25, -0.2) is 14.8 Å². The zero-order valence-corrected chi connectivity index (χ0v) is 18.4. The molecule has 11 nitrogen and oxygen atoms in total. The number of carbonyl (C=O) groups excluding carboxylic acids is 2. The van der Waals surface area contributed by atoms with Gasteiger partial charge in [0.1, 0.15) is 17.1 Å². The zero-order valence-electron chi connectivity index (χ0n) is 16.0. The number of hydrogen-bond donors (Lipinski definition) is 3. The Kier molecular flexibility index (Phi) is 5.93. The molecular weight excluding hydrogens is 464 g/mol. The quantitative estimate of drug-likeness (QED) is 0.295. The fraction of sp³-hybridized carbons (Fsp3) is 0.294. The van der Waals surface area contributed by atoms with E-state index >= 15 is 0 Å². The van der Waals surface area contributed by atoms with Crippen LogP contribution < -0.4 is 11.1 Å². The Balaban J connectivity index is 1.47. The summed E-state index contributed by atoms with van der Waals surface area (Å²) in [4.78, 5) is 51.4. The molecule has 0 bridgehead atoms. The number of carboxylic acid groups (broad SMARTS) is 1. The van der Waals surface area contributed by atoms with Crippen molar-refractivity contribution in [1.29, 1.82) is 0 Å². The number of nitrogens with two attached hydrogens (primary N) is 1. The number of carbonyl (C=O) groups is 3. The largest absolute Gasteiger partial charge is 0.478 e. The van der Waals surface area contributed by atoms with E-state index in [1.807, 2.05) is 12.3 Å². The topological polar surface area (TPSA) is 160 Å². The number of amides is 2. The number of thioether (sulfide) groups is 1. The molecule has 2 aliphatic heterocycles. The van der Waals surface area contributed by atoms with E-state index in [1.165, 1.54) is 34.2 Å². The van der Waals surface area contributed by atoms with E-state index in [2.05, 4.69) is 20.4 Å². The molecule has 4 heterocycles. The first-order valence-electron chi connectivity index (χ1n) is 8.84. The number of fused-ring (bicyclic) bond motifs is 1. The van der Waals surface area contributed by atoms with Crippen LogP contribution >= 0.6 is 34.4 Å². The van der Waals surface area contributed by atoms with Crippen molar-refractivity contribution in [2.45, 2.75) is 24.9 Å². The molecule has 0 spiro atoms. The van der Waals surface area contributed by atoms with Crippen molar-refractivity contribution in [3.05, 3.63) is 38.9 Å². The van der Waals surface area contributed by atoms with Crippen LogP contribution in [0.2, 0.25) is 0 Å². The maximum Gasteiger partial charge on any atom is 0.333 e. The molecule has 4 N–H and O–H groups in total. The summed E-state index contributed by atoms with van der Waals surface area (Å²) < 4.78 is 0. The third-order valence-electron chi connectivity index (χ3n) is 4.36. The van der Waals surface area contributed by atoms with Gasteiger partial charge in [0.15, 0.2) is 17.5 Å². The molecule has 2 amide bonds. The van der Waals surface area contributed by atoms with E-state index in [-0.39, 0.29) is 39.8 Å². The monoisotopic (exact) mass is 480 g/mol. The van der Waals surface area contributed by atoms with Crippen molar-refractivity contribution >= 4 is 63.1 Å². The first-order chi connectivity index (χ1) is 14.8. The maximum absolute atomic E-state index is 12.9. The van der Waals surface area contributed by atoms with E-state index in [1.54, 1.807) is 5.38 Å². The van der Waals surface area contributed by atoms with Crippen LogP contribution in [-0.2, 0) is 25.8 Å². The number of nitrogens with one attached hydrogen (secondary N) is 1. The molecule has 1 unspecified atom stereocenters. The van der Waals surface area contributed by atoms with Crippen LogP contribution in [0.3, 0.4) is 0 Å². The summed E-state index contributed by atoms with van der Waals surface area (Å²) in [6.45, 7) is 1.93. The van der Waals surface area contributed by atoms with Crippen molar-refractivity contribution < 1.29 is 24.3 Å². The van der Waals surface area contributed by atoms with Crippen LogP contribution in [0, 0.1) is 6.92 Å². The minimum atomic E-state index is -1.07. The van der Waals surface area contributed by atoms with Crippen molar-refractivity contribution in [2.24, 2.45) is 5.16 Å². The normalized spacial score (nSPS) is 20.5. The van der Waals surface area contributed by atoms with Crippen LogP contribution in [0.25, 0.3) is 0 Å². The lowest BCUT2D eigenvalue weighted by Gasteiger charge is -2.46. The number of rotatable bonds is 7. The van der Waals surface area contributed by atoms with Crippen molar-refractivity contribution in [2.75, 3.05) is 11.5 Å². The second kappa shape index (κ2) is 8.64. The number of carboxylic acids is 1. The lowest BCUT2D eigenvalue weighted by atomic mass is 10.1. The minimum absolute atomic E-state index is 0.0676. The molecule has 2 aromatic rings. The highest BCUT2D eigenvalue weighted by atomic mass is 32.2. The summed E-state index contributed by atoms with van der Waals surface area (Å²) in [5, 5.41) is 19.8. The second-order valence-corrected chi connectivity index (χ2v) is 9.56. The highest BCUT2D eigenvalue weighted by Gasteiger charge is 2.50. The Bertz CT molecular complexity index is 1110. The molecule has 0 aromatic carbocycles. The number of β-lactam (4-membered cyclic amide) rings is 1. The average molecular weight is 481 g/mol. The molecule has 0 saturated carbocycles. The Labute approximate surface area is 188 Å². The third kappa shape index (κ3) is 4.40. The summed E-state index contributed by atoms with van der Waals surface area (Å²) >= 11 is 3.87. The van der Waals surface area contributed by atoms with Crippen LogP contribution in [-0.4, -0.2) is 60.6 Å². The lowest BCUT2D eigenvalue weighted by molar-refractivity contribution is -0.144. The molecule has 4 rings (SSSR count). The van der Waals surface area contributed by atoms with Gasteiger partial charge in [-0.05, 0) is 6.92 Å². The van der Waals surface area contributed by atoms with Gasteiger partial charge in [0, 0.05) is 22.7 Å². The maximum atomic E-state index is 12.9. The minimum Gasteiger partial charge on any atom is -0.478 e. The average Bonchev–Trinajstić information content (AvgIpc) is 3.36. The lowest BCUT2D eigenvalue weighted by Crippen LogP contribution is -2.69. The van der Waals surface area contributed by atoms with Crippen molar-refractivity contribution in [3.63, 3.8) is 0 Å². The number of thiazole rings is 2. The SMILES string of the molecule is Cc1nc(CON=C(C(=O)NC2C(=O)N3C=C(C(=O)O)CS[C@H]23)c2csc(N)n2)cs1. The Hall–Kier alpha value is -2.97. The van der Waals surface area contributed by atoms with Gasteiger partial charge >= 0.3 is 5.97 Å². The van der Waals surface area contributed by atoms with Crippen LogP contribution in [0.15, 0.2) is 27.7 Å². The Morgan fingerprint density at radius 3 is 2.84 bits per heavy atom. The smallest absolute Gasteiger partial charge is 0.333 e. The van der Waals surface area contributed by atoms with E-state index in [4.69, 9.17) is 15.7 Å². The number of aromatic nitrogens is 2. The van der Waals surface area contributed by atoms with Gasteiger partial charge in [-0.1, -0.05) is 5.16 Å². The summed E-state index contributed by atoms with van der Waals surface area (Å²) in [5.74, 6) is -1.89. The number of anilines is 1. The molecule has 0 aliphatic carbocycles. The zero-order chi connectivity index (χ0) is 22.1. The molecule has 162 valence electrons. The van der Waals surface area contributed by atoms with E-state index in [0.29, 0.717) is 5.69 Å². The molecule has 2 atom stereocenters. The van der Waals surface area contributed by atoms with Gasteiger partial charge in [-0.15, -0.1) is 34.4 Å². The first kappa shape index (κ1) is 21.3. The van der Waals surface area contributed by atoms with E-state index < -0.39 is 23.8 Å². The fourth-order valence-electron chi connectivity index (χ4n) is 2.88. The molecule has 1 saturated heterocycles. The van der Waals surface area contributed by atoms with Crippen molar-refractivity contribution in [3.8, 4) is 0 Å². The van der Waals surface area contributed by atoms with Gasteiger partial charge in [0.05, 0.1) is 16.3 Å². The van der Waals surface area contributed by atoms with Gasteiger partial charge < -0.3 is 25.9 Å². The summed E-state index contributed by atoms with van der Waals surface area (Å²) in [5.41, 5.74) is 6.59. The number of nitrogen functional groups attached to an aromatic ring is 1. The molecule has 1 fully saturated rings. The van der Waals surface area contributed by atoms with Crippen LogP contribution in [0.1, 0.15) is 16.4 Å².